The Morgan fingerprint density at radius 3 is 2.48 bits per heavy atom. The van der Waals surface area contributed by atoms with Gasteiger partial charge in [-0.3, -0.25) is 14.4 Å². The number of Topliss-reactive ketones (excluding diaryl/α,β-unsaturated/α-hetero) is 1. The normalized spacial score (nSPS) is 16.6. The predicted octanol–water partition coefficient (Wildman–Crippen LogP) is 4.88. The first-order valence-corrected chi connectivity index (χ1v) is 12.4. The van der Waals surface area contributed by atoms with E-state index in [1.165, 1.54) is 16.2 Å². The van der Waals surface area contributed by atoms with Crippen LogP contribution >= 0.6 is 23.1 Å². The monoisotopic (exact) mass is 481 g/mol. The van der Waals surface area contributed by atoms with Gasteiger partial charge in [-0.1, -0.05) is 60.3 Å². The van der Waals surface area contributed by atoms with Crippen molar-refractivity contribution in [3.63, 3.8) is 0 Å². The number of carbonyl (C=O) groups is 4. The fourth-order valence-electron chi connectivity index (χ4n) is 4.01. The van der Waals surface area contributed by atoms with E-state index in [1.54, 1.807) is 24.3 Å². The van der Waals surface area contributed by atoms with Gasteiger partial charge in [-0.2, -0.15) is 0 Å². The van der Waals surface area contributed by atoms with Crippen LogP contribution in [0.3, 0.4) is 0 Å². The Labute approximate surface area is 199 Å². The smallest absolute Gasteiger partial charge is 0.326 e. The summed E-state index contributed by atoms with van der Waals surface area (Å²) in [5, 5.41) is 9.60. The van der Waals surface area contributed by atoms with Crippen LogP contribution in [0, 0.1) is 0 Å². The molecule has 1 aliphatic heterocycles. The lowest BCUT2D eigenvalue weighted by molar-refractivity contribution is -0.148. The van der Waals surface area contributed by atoms with Crippen molar-refractivity contribution in [3.8, 4) is 0 Å². The molecular formula is C25H23NO5S2. The van der Waals surface area contributed by atoms with Crippen LogP contribution in [-0.4, -0.2) is 50.6 Å². The van der Waals surface area contributed by atoms with Gasteiger partial charge in [0.25, 0.3) is 0 Å². The van der Waals surface area contributed by atoms with Crippen LogP contribution in [0.5, 0.6) is 0 Å². The Balaban J connectivity index is 1.52. The van der Waals surface area contributed by atoms with Crippen molar-refractivity contribution in [2.24, 2.45) is 0 Å². The summed E-state index contributed by atoms with van der Waals surface area (Å²) in [7, 11) is 0. The van der Waals surface area contributed by atoms with E-state index in [2.05, 4.69) is 0 Å². The van der Waals surface area contributed by atoms with Gasteiger partial charge >= 0.3 is 5.97 Å². The maximum Gasteiger partial charge on any atom is 0.326 e. The molecule has 0 bridgehead atoms. The van der Waals surface area contributed by atoms with Gasteiger partial charge in [0.05, 0.1) is 4.88 Å². The molecule has 6 nitrogen and oxygen atoms in total. The van der Waals surface area contributed by atoms with Crippen molar-refractivity contribution in [1.29, 1.82) is 0 Å². The lowest BCUT2D eigenvalue weighted by atomic mass is 10.1. The van der Waals surface area contributed by atoms with Gasteiger partial charge in [0.15, 0.2) is 5.78 Å². The molecule has 2 heterocycles. The summed E-state index contributed by atoms with van der Waals surface area (Å²) >= 11 is 2.37. The number of hydrogen-bond donors (Lipinski definition) is 1. The second-order valence-corrected chi connectivity index (χ2v) is 10.3. The number of carbonyl (C=O) groups excluding carboxylic acids is 3. The highest BCUT2D eigenvalue weighted by molar-refractivity contribution is 8.14. The molecule has 0 radical (unpaired) electrons. The maximum absolute atomic E-state index is 13.1. The largest absolute Gasteiger partial charge is 0.480 e. The number of amides is 1. The molecule has 0 saturated carbocycles. The Morgan fingerprint density at radius 2 is 1.76 bits per heavy atom. The molecule has 1 aliphatic rings. The van der Waals surface area contributed by atoms with Crippen LogP contribution in [-0.2, 0) is 9.59 Å². The standard InChI is InChI=1S/C25H23NO5S2/c27-20(22-13-17-9-4-5-11-21(17)33-22)14-18(32-25(31)16-7-2-1-3-8-16)15-23(28)26-12-6-10-19(26)24(29)30/h1-5,7-9,11,13,18-19H,6,10,12,14-15H2,(H,29,30)/t18?,19-/m0/s1. The zero-order chi connectivity index (χ0) is 23.4. The van der Waals surface area contributed by atoms with Crippen molar-refractivity contribution in [2.75, 3.05) is 6.54 Å². The van der Waals surface area contributed by atoms with E-state index in [4.69, 9.17) is 0 Å². The highest BCUT2D eigenvalue weighted by atomic mass is 32.2. The lowest BCUT2D eigenvalue weighted by Crippen LogP contribution is -2.41. The number of nitrogens with zero attached hydrogens (tertiary/aromatic N) is 1. The summed E-state index contributed by atoms with van der Waals surface area (Å²) in [5.41, 5.74) is 0.499. The number of aliphatic carboxylic acids is 1. The molecular weight excluding hydrogens is 458 g/mol. The zero-order valence-electron chi connectivity index (χ0n) is 17.8. The minimum atomic E-state index is -1.02. The van der Waals surface area contributed by atoms with E-state index in [0.717, 1.165) is 21.8 Å². The van der Waals surface area contributed by atoms with Crippen LogP contribution in [0.4, 0.5) is 0 Å². The molecule has 1 amide bonds. The third kappa shape index (κ3) is 5.51. The number of thioether (sulfide) groups is 1. The molecule has 2 aromatic carbocycles. The van der Waals surface area contributed by atoms with Gasteiger partial charge in [-0.25, -0.2) is 4.79 Å². The summed E-state index contributed by atoms with van der Waals surface area (Å²) in [6, 6.07) is 17.4. The number of likely N-dealkylation sites (tertiary alicyclic amines) is 1. The van der Waals surface area contributed by atoms with Gasteiger partial charge in [-0.05, 0) is 30.4 Å². The Hall–Kier alpha value is -2.97. The molecule has 2 atom stereocenters. The molecule has 4 rings (SSSR count). The van der Waals surface area contributed by atoms with Crippen LogP contribution in [0.25, 0.3) is 10.1 Å². The fraction of sp³-hybridized carbons (Fsp3) is 0.280. The number of benzene rings is 2. The van der Waals surface area contributed by atoms with E-state index >= 15 is 0 Å². The van der Waals surface area contributed by atoms with Crippen molar-refractivity contribution < 1.29 is 24.3 Å². The average molecular weight is 482 g/mol. The Morgan fingerprint density at radius 1 is 1.03 bits per heavy atom. The number of hydrogen-bond acceptors (Lipinski definition) is 6. The number of thiophene rings is 1. The molecule has 1 saturated heterocycles. The van der Waals surface area contributed by atoms with Gasteiger partial charge < -0.3 is 10.0 Å². The third-order valence-corrected chi connectivity index (χ3v) is 7.93. The summed E-state index contributed by atoms with van der Waals surface area (Å²) in [6.07, 6.45) is 1.00. The van der Waals surface area contributed by atoms with Gasteiger partial charge in [0.2, 0.25) is 11.0 Å². The maximum atomic E-state index is 13.1. The number of carboxylic acids is 1. The summed E-state index contributed by atoms with van der Waals surface area (Å²) in [4.78, 5) is 52.3. The first-order valence-electron chi connectivity index (χ1n) is 10.7. The number of carboxylic acid groups (broad SMARTS) is 1. The van der Waals surface area contributed by atoms with Crippen LogP contribution in [0.2, 0.25) is 0 Å². The molecule has 0 aliphatic carbocycles. The van der Waals surface area contributed by atoms with Crippen molar-refractivity contribution in [1.82, 2.24) is 4.90 Å². The van der Waals surface area contributed by atoms with E-state index in [1.807, 2.05) is 36.4 Å². The topological polar surface area (TPSA) is 91.8 Å². The predicted molar refractivity (Wildman–Crippen MR) is 130 cm³/mol. The first kappa shape index (κ1) is 23.2. The molecule has 1 N–H and O–H groups in total. The van der Waals surface area contributed by atoms with E-state index in [-0.39, 0.29) is 29.6 Å². The molecule has 33 heavy (non-hydrogen) atoms. The Kier molecular flexibility index (Phi) is 7.25. The molecule has 0 spiro atoms. The third-order valence-electron chi connectivity index (χ3n) is 5.66. The molecule has 1 unspecified atom stereocenters. The van der Waals surface area contributed by atoms with Crippen molar-refractivity contribution in [2.45, 2.75) is 37.0 Å². The highest BCUT2D eigenvalue weighted by Crippen LogP contribution is 2.31. The molecule has 170 valence electrons. The second kappa shape index (κ2) is 10.3. The van der Waals surface area contributed by atoms with Crippen molar-refractivity contribution in [3.05, 3.63) is 71.1 Å². The number of rotatable bonds is 8. The summed E-state index contributed by atoms with van der Waals surface area (Å²) in [6.45, 7) is 0.379. The Bertz CT molecular complexity index is 1160. The van der Waals surface area contributed by atoms with Gasteiger partial charge in [0, 0.05) is 34.9 Å². The van der Waals surface area contributed by atoms with Crippen LogP contribution in [0.15, 0.2) is 60.7 Å². The van der Waals surface area contributed by atoms with E-state index in [9.17, 15) is 24.3 Å². The molecule has 8 heteroatoms. The fourth-order valence-corrected chi connectivity index (χ4v) is 6.06. The number of ketones is 1. The van der Waals surface area contributed by atoms with Gasteiger partial charge in [0.1, 0.15) is 6.04 Å². The van der Waals surface area contributed by atoms with E-state index < -0.39 is 17.3 Å². The summed E-state index contributed by atoms with van der Waals surface area (Å²) in [5.74, 6) is -1.48. The quantitative estimate of drug-likeness (QED) is 0.461. The first-order chi connectivity index (χ1) is 15.9. The average Bonchev–Trinajstić information content (AvgIpc) is 3.47. The molecule has 1 fully saturated rings. The lowest BCUT2D eigenvalue weighted by Gasteiger charge is -2.24. The molecule has 1 aromatic heterocycles. The second-order valence-electron chi connectivity index (χ2n) is 7.96. The summed E-state index contributed by atoms with van der Waals surface area (Å²) < 4.78 is 1.00. The highest BCUT2D eigenvalue weighted by Gasteiger charge is 2.35. The SMILES string of the molecule is O=C(SC(CC(=O)c1cc2ccccc2s1)CC(=O)N1CCC[C@H]1C(=O)O)c1ccccc1. The number of fused-ring (bicyclic) bond motifs is 1. The minimum Gasteiger partial charge on any atom is -0.480 e. The van der Waals surface area contributed by atoms with E-state index in [0.29, 0.717) is 29.8 Å². The minimum absolute atomic E-state index is 0.0212. The molecule has 3 aromatic rings. The zero-order valence-corrected chi connectivity index (χ0v) is 19.4. The van der Waals surface area contributed by atoms with Gasteiger partial charge in [-0.15, -0.1) is 11.3 Å². The van der Waals surface area contributed by atoms with Crippen LogP contribution in [0.1, 0.15) is 45.7 Å². The van der Waals surface area contributed by atoms with Crippen LogP contribution < -0.4 is 0 Å². The van der Waals surface area contributed by atoms with Crippen molar-refractivity contribution >= 4 is 56.0 Å².